The highest BCUT2D eigenvalue weighted by Crippen LogP contribution is 2.34. The maximum atomic E-state index is 11.7. The number of fused-ring (bicyclic) bond motifs is 1. The van der Waals surface area contributed by atoms with Crippen molar-refractivity contribution < 1.29 is 18.7 Å². The van der Waals surface area contributed by atoms with Gasteiger partial charge >= 0.3 is 0 Å². The maximum Gasteiger partial charge on any atom is 0.290 e. The van der Waals surface area contributed by atoms with Crippen molar-refractivity contribution >= 4 is 51.6 Å². The van der Waals surface area contributed by atoms with E-state index in [1.807, 2.05) is 0 Å². The lowest BCUT2D eigenvalue weighted by Gasteiger charge is -2.05. The minimum absolute atomic E-state index is 0.276. The number of ether oxygens (including phenoxy) is 1. The van der Waals surface area contributed by atoms with Crippen LogP contribution >= 0.6 is 23.4 Å². The second-order valence-electron chi connectivity index (χ2n) is 5.32. The van der Waals surface area contributed by atoms with Crippen molar-refractivity contribution in [2.45, 2.75) is 0 Å². The fraction of sp³-hybridized carbons (Fsp3) is 0.0588. The van der Waals surface area contributed by atoms with Crippen LogP contribution < -0.4 is 10.1 Å². The molecule has 0 saturated carbocycles. The average molecular weight is 388 g/mol. The number of imide groups is 1. The van der Waals surface area contributed by atoms with Crippen LogP contribution in [0.1, 0.15) is 5.76 Å². The van der Waals surface area contributed by atoms with Crippen LogP contribution in [0, 0.1) is 0 Å². The Morgan fingerprint density at radius 1 is 1.27 bits per heavy atom. The Kier molecular flexibility index (Phi) is 4.14. The largest absolute Gasteiger partial charge is 0.480 e. The van der Waals surface area contributed by atoms with Crippen LogP contribution in [-0.2, 0) is 4.79 Å². The van der Waals surface area contributed by atoms with Crippen LogP contribution in [0.15, 0.2) is 40.0 Å². The minimum atomic E-state index is -0.440. The highest BCUT2D eigenvalue weighted by Gasteiger charge is 2.25. The number of hydrogen-bond acceptors (Lipinski definition) is 7. The van der Waals surface area contributed by atoms with Crippen LogP contribution in [0.5, 0.6) is 5.88 Å². The Labute approximate surface area is 156 Å². The van der Waals surface area contributed by atoms with Gasteiger partial charge in [-0.3, -0.25) is 19.9 Å². The minimum Gasteiger partial charge on any atom is -0.480 e. The van der Waals surface area contributed by atoms with E-state index in [9.17, 15) is 9.59 Å². The number of rotatable bonds is 3. The van der Waals surface area contributed by atoms with Gasteiger partial charge in [0.15, 0.2) is 0 Å². The van der Waals surface area contributed by atoms with E-state index in [0.29, 0.717) is 33.4 Å². The lowest BCUT2D eigenvalue weighted by atomic mass is 10.1. The molecule has 3 aromatic heterocycles. The van der Waals surface area contributed by atoms with Crippen molar-refractivity contribution in [3.8, 4) is 17.0 Å². The van der Waals surface area contributed by atoms with Crippen molar-refractivity contribution in [1.82, 2.24) is 15.3 Å². The summed E-state index contributed by atoms with van der Waals surface area (Å²) in [5, 5.41) is 2.91. The highest BCUT2D eigenvalue weighted by molar-refractivity contribution is 8.18. The highest BCUT2D eigenvalue weighted by atomic mass is 35.5. The first kappa shape index (κ1) is 16.6. The molecule has 130 valence electrons. The van der Waals surface area contributed by atoms with Crippen molar-refractivity contribution in [3.05, 3.63) is 46.4 Å². The molecule has 0 bridgehead atoms. The molecule has 1 N–H and O–H groups in total. The summed E-state index contributed by atoms with van der Waals surface area (Å²) in [6.45, 7) is 0. The molecule has 2 amide bonds. The Bertz CT molecular complexity index is 1090. The van der Waals surface area contributed by atoms with Crippen molar-refractivity contribution in [3.63, 3.8) is 0 Å². The molecule has 0 spiro atoms. The smallest absolute Gasteiger partial charge is 0.290 e. The second-order valence-corrected chi connectivity index (χ2v) is 6.74. The second kappa shape index (κ2) is 6.47. The molecule has 4 rings (SSSR count). The van der Waals surface area contributed by atoms with Gasteiger partial charge in [0.25, 0.3) is 11.1 Å². The number of methoxy groups -OCH3 is 1. The van der Waals surface area contributed by atoms with Gasteiger partial charge in [0.05, 0.1) is 12.0 Å². The van der Waals surface area contributed by atoms with E-state index in [1.165, 1.54) is 13.2 Å². The van der Waals surface area contributed by atoms with Gasteiger partial charge in [-0.2, -0.15) is 0 Å². The first-order valence-electron chi connectivity index (χ1n) is 7.37. The van der Waals surface area contributed by atoms with Gasteiger partial charge in [-0.25, -0.2) is 4.98 Å². The number of hydrogen-bond donors (Lipinski definition) is 1. The first-order valence-corrected chi connectivity index (χ1v) is 8.57. The molecule has 26 heavy (non-hydrogen) atoms. The number of nitrogens with zero attached hydrogens (tertiary/aromatic N) is 2. The molecule has 7 nitrogen and oxygen atoms in total. The fourth-order valence-corrected chi connectivity index (χ4v) is 3.44. The van der Waals surface area contributed by atoms with E-state index >= 15 is 0 Å². The summed E-state index contributed by atoms with van der Waals surface area (Å²) in [6, 6.07) is 3.46. The zero-order chi connectivity index (χ0) is 18.3. The third-order valence-corrected chi connectivity index (χ3v) is 4.75. The number of furan rings is 1. The molecule has 1 aliphatic heterocycles. The molecule has 1 fully saturated rings. The molecule has 1 saturated heterocycles. The number of halogens is 1. The summed E-state index contributed by atoms with van der Waals surface area (Å²) in [5.41, 5.74) is 1.99. The zero-order valence-electron chi connectivity index (χ0n) is 13.3. The van der Waals surface area contributed by atoms with Gasteiger partial charge in [-0.05, 0) is 23.9 Å². The lowest BCUT2D eigenvalue weighted by molar-refractivity contribution is -0.115. The van der Waals surface area contributed by atoms with E-state index in [2.05, 4.69) is 15.3 Å². The van der Waals surface area contributed by atoms with E-state index in [4.69, 9.17) is 20.8 Å². The molecule has 3 aromatic rings. The van der Waals surface area contributed by atoms with Crippen LogP contribution in [-0.4, -0.2) is 28.2 Å². The molecule has 0 radical (unpaired) electrons. The third kappa shape index (κ3) is 2.93. The normalized spacial score (nSPS) is 15.7. The standard InChI is InChI=1S/C17H10ClN3O4S/c1-24-16-12(18)3-8(6-20-16)11-7-19-5-9-2-10(25-14(9)11)4-13-15(22)21-17(23)26-13/h2-7H,1H3,(H,21,22,23). The predicted octanol–water partition coefficient (Wildman–Crippen LogP) is 3.88. The Hall–Kier alpha value is -2.84. The van der Waals surface area contributed by atoms with Gasteiger partial charge in [0.2, 0.25) is 5.88 Å². The topological polar surface area (TPSA) is 94.3 Å². The summed E-state index contributed by atoms with van der Waals surface area (Å²) in [7, 11) is 1.49. The van der Waals surface area contributed by atoms with Gasteiger partial charge in [0.1, 0.15) is 16.4 Å². The summed E-state index contributed by atoms with van der Waals surface area (Å²) in [6.07, 6.45) is 6.42. The Balaban J connectivity index is 1.79. The Morgan fingerprint density at radius 2 is 2.12 bits per heavy atom. The van der Waals surface area contributed by atoms with Crippen molar-refractivity contribution in [2.75, 3.05) is 7.11 Å². The summed E-state index contributed by atoms with van der Waals surface area (Å²) in [5.74, 6) is 0.327. The van der Waals surface area contributed by atoms with Crippen LogP contribution in [0.4, 0.5) is 4.79 Å². The molecule has 4 heterocycles. The van der Waals surface area contributed by atoms with E-state index in [0.717, 1.165) is 17.1 Å². The zero-order valence-corrected chi connectivity index (χ0v) is 14.9. The molecule has 9 heteroatoms. The molecule has 0 atom stereocenters. The van der Waals surface area contributed by atoms with Crippen molar-refractivity contribution in [1.29, 1.82) is 0 Å². The average Bonchev–Trinajstić information content (AvgIpc) is 3.16. The van der Waals surface area contributed by atoms with Crippen LogP contribution in [0.2, 0.25) is 5.02 Å². The maximum absolute atomic E-state index is 11.7. The molecule has 0 unspecified atom stereocenters. The van der Waals surface area contributed by atoms with Crippen LogP contribution in [0.25, 0.3) is 28.2 Å². The van der Waals surface area contributed by atoms with E-state index in [-0.39, 0.29) is 4.91 Å². The first-order chi connectivity index (χ1) is 12.5. The van der Waals surface area contributed by atoms with Gasteiger partial charge in [0, 0.05) is 41.2 Å². The third-order valence-electron chi connectivity index (χ3n) is 3.67. The quantitative estimate of drug-likeness (QED) is 0.681. The van der Waals surface area contributed by atoms with Crippen molar-refractivity contribution in [2.24, 2.45) is 0 Å². The summed E-state index contributed by atoms with van der Waals surface area (Å²) < 4.78 is 10.9. The van der Waals surface area contributed by atoms with E-state index in [1.54, 1.807) is 30.7 Å². The van der Waals surface area contributed by atoms with Gasteiger partial charge in [-0.1, -0.05) is 11.6 Å². The number of carbonyl (C=O) groups excluding carboxylic acids is 2. The Morgan fingerprint density at radius 3 is 2.81 bits per heavy atom. The number of thioether (sulfide) groups is 1. The molecular formula is C17H10ClN3O4S. The number of amides is 2. The molecule has 0 aromatic carbocycles. The lowest BCUT2D eigenvalue weighted by Crippen LogP contribution is -2.17. The fourth-order valence-electron chi connectivity index (χ4n) is 2.53. The number of carbonyl (C=O) groups is 2. The number of aromatic nitrogens is 2. The number of nitrogens with one attached hydrogen (secondary N) is 1. The summed E-state index contributed by atoms with van der Waals surface area (Å²) in [4.78, 5) is 31.6. The SMILES string of the molecule is COc1ncc(-c2cncc3cc(C=C4SC(=O)NC4=O)oc23)cc1Cl. The van der Waals surface area contributed by atoms with Gasteiger partial charge in [-0.15, -0.1) is 0 Å². The van der Waals surface area contributed by atoms with Gasteiger partial charge < -0.3 is 9.15 Å². The van der Waals surface area contributed by atoms with E-state index < -0.39 is 11.1 Å². The number of pyridine rings is 2. The molecule has 0 aliphatic carbocycles. The molecular weight excluding hydrogens is 378 g/mol. The molecule has 1 aliphatic rings. The predicted molar refractivity (Wildman–Crippen MR) is 97.9 cm³/mol. The van der Waals surface area contributed by atoms with Crippen LogP contribution in [0.3, 0.4) is 0 Å². The monoisotopic (exact) mass is 387 g/mol. The summed E-state index contributed by atoms with van der Waals surface area (Å²) >= 11 is 6.98.